The molecule has 0 amide bonds. The third-order valence-corrected chi connectivity index (χ3v) is 2.75. The van der Waals surface area contributed by atoms with Crippen LogP contribution in [0.5, 0.6) is 0 Å². The van der Waals surface area contributed by atoms with Crippen molar-refractivity contribution in [1.82, 2.24) is 0 Å². The first-order chi connectivity index (χ1) is 5.88. The number of benzene rings is 1. The zero-order valence-corrected chi connectivity index (χ0v) is 8.69. The van der Waals surface area contributed by atoms with Gasteiger partial charge in [0.15, 0.2) is 0 Å². The van der Waals surface area contributed by atoms with Crippen molar-refractivity contribution in [2.45, 2.75) is 12.7 Å². The van der Waals surface area contributed by atoms with Crippen molar-refractivity contribution >= 4 is 21.6 Å². The second-order valence-corrected chi connectivity index (χ2v) is 4.91. The molecular formula is C8H10ClNO2S. The highest BCUT2D eigenvalue weighted by Crippen LogP contribution is 2.17. The third kappa shape index (κ3) is 3.34. The van der Waals surface area contributed by atoms with E-state index >= 15 is 0 Å². The van der Waals surface area contributed by atoms with Crippen LogP contribution in [0.2, 0.25) is 5.02 Å². The number of hydrogen-bond donors (Lipinski definition) is 1. The molecule has 0 unspecified atom stereocenters. The summed E-state index contributed by atoms with van der Waals surface area (Å²) in [7, 11) is -3.45. The van der Waals surface area contributed by atoms with Crippen molar-refractivity contribution in [1.29, 1.82) is 0 Å². The standard InChI is InChI=1S/C8H10ClNO2S/c1-6-4-7(2-3-8(6)9)5-13(10,11)12/h2-4H,5H2,1H3,(H2,10,11,12). The largest absolute Gasteiger partial charge is 0.228 e. The van der Waals surface area contributed by atoms with E-state index in [4.69, 9.17) is 16.7 Å². The Hall–Kier alpha value is -0.580. The molecule has 13 heavy (non-hydrogen) atoms. The first kappa shape index (κ1) is 10.5. The molecule has 72 valence electrons. The topological polar surface area (TPSA) is 60.2 Å². The minimum atomic E-state index is -3.45. The number of aryl methyl sites for hydroxylation is 1. The fourth-order valence-electron chi connectivity index (χ4n) is 1.03. The Morgan fingerprint density at radius 2 is 2.08 bits per heavy atom. The molecule has 0 aliphatic heterocycles. The van der Waals surface area contributed by atoms with Gasteiger partial charge in [-0.3, -0.25) is 0 Å². The lowest BCUT2D eigenvalue weighted by atomic mass is 10.2. The fraction of sp³-hybridized carbons (Fsp3) is 0.250. The predicted octanol–water partition coefficient (Wildman–Crippen LogP) is 1.44. The summed E-state index contributed by atoms with van der Waals surface area (Å²) in [6.45, 7) is 1.81. The summed E-state index contributed by atoms with van der Waals surface area (Å²) >= 11 is 5.77. The zero-order chi connectivity index (χ0) is 10.1. The minimum absolute atomic E-state index is 0.148. The van der Waals surface area contributed by atoms with Gasteiger partial charge < -0.3 is 0 Å². The molecule has 0 spiro atoms. The first-order valence-electron chi connectivity index (χ1n) is 3.64. The normalized spacial score (nSPS) is 11.6. The highest BCUT2D eigenvalue weighted by atomic mass is 35.5. The quantitative estimate of drug-likeness (QED) is 0.818. The van der Waals surface area contributed by atoms with Crippen molar-refractivity contribution in [2.24, 2.45) is 5.14 Å². The van der Waals surface area contributed by atoms with Gasteiger partial charge in [-0.2, -0.15) is 0 Å². The van der Waals surface area contributed by atoms with Crippen LogP contribution in [0.3, 0.4) is 0 Å². The first-order valence-corrected chi connectivity index (χ1v) is 5.73. The smallest absolute Gasteiger partial charge is 0.213 e. The van der Waals surface area contributed by atoms with E-state index in [2.05, 4.69) is 0 Å². The van der Waals surface area contributed by atoms with Gasteiger partial charge in [0, 0.05) is 5.02 Å². The van der Waals surface area contributed by atoms with Gasteiger partial charge in [0.05, 0.1) is 5.75 Å². The van der Waals surface area contributed by atoms with E-state index in [9.17, 15) is 8.42 Å². The average molecular weight is 220 g/mol. The summed E-state index contributed by atoms with van der Waals surface area (Å²) in [5.74, 6) is -0.148. The summed E-state index contributed by atoms with van der Waals surface area (Å²) in [5.41, 5.74) is 1.51. The number of rotatable bonds is 2. The van der Waals surface area contributed by atoms with Crippen molar-refractivity contribution in [3.63, 3.8) is 0 Å². The molecule has 0 aliphatic carbocycles. The van der Waals surface area contributed by atoms with E-state index in [0.29, 0.717) is 10.6 Å². The maximum Gasteiger partial charge on any atom is 0.213 e. The van der Waals surface area contributed by atoms with Gasteiger partial charge in [0.25, 0.3) is 0 Å². The lowest BCUT2D eigenvalue weighted by Crippen LogP contribution is -2.14. The van der Waals surface area contributed by atoms with E-state index in [1.54, 1.807) is 18.2 Å². The molecule has 0 aliphatic rings. The van der Waals surface area contributed by atoms with E-state index in [1.165, 1.54) is 0 Å². The molecule has 5 heteroatoms. The SMILES string of the molecule is Cc1cc(CS(N)(=O)=O)ccc1Cl. The highest BCUT2D eigenvalue weighted by molar-refractivity contribution is 7.88. The molecule has 0 atom stereocenters. The molecule has 0 saturated carbocycles. The molecule has 0 bridgehead atoms. The van der Waals surface area contributed by atoms with E-state index in [-0.39, 0.29) is 5.75 Å². The van der Waals surface area contributed by atoms with Crippen LogP contribution in [0.15, 0.2) is 18.2 Å². The maximum atomic E-state index is 10.7. The third-order valence-electron chi connectivity index (χ3n) is 1.59. The summed E-state index contributed by atoms with van der Waals surface area (Å²) in [4.78, 5) is 0. The molecule has 2 N–H and O–H groups in total. The van der Waals surface area contributed by atoms with Crippen LogP contribution in [-0.2, 0) is 15.8 Å². The van der Waals surface area contributed by atoms with E-state index < -0.39 is 10.0 Å². The second kappa shape index (κ2) is 3.65. The number of halogens is 1. The van der Waals surface area contributed by atoms with Crippen molar-refractivity contribution < 1.29 is 8.42 Å². The summed E-state index contributed by atoms with van der Waals surface area (Å²) in [6, 6.07) is 5.03. The molecule has 1 aromatic carbocycles. The van der Waals surface area contributed by atoms with Gasteiger partial charge in [-0.1, -0.05) is 23.7 Å². The van der Waals surface area contributed by atoms with Crippen molar-refractivity contribution in [2.75, 3.05) is 0 Å². The Labute approximate surface area is 82.6 Å². The van der Waals surface area contributed by atoms with Crippen LogP contribution < -0.4 is 5.14 Å². The van der Waals surface area contributed by atoms with Gasteiger partial charge >= 0.3 is 0 Å². The molecule has 0 aromatic heterocycles. The van der Waals surface area contributed by atoms with Crippen molar-refractivity contribution in [3.8, 4) is 0 Å². The Morgan fingerprint density at radius 3 is 2.54 bits per heavy atom. The van der Waals surface area contributed by atoms with Gasteiger partial charge in [-0.15, -0.1) is 0 Å². The van der Waals surface area contributed by atoms with E-state index in [1.807, 2.05) is 6.92 Å². The Balaban J connectivity index is 2.99. The van der Waals surface area contributed by atoms with Crippen LogP contribution in [-0.4, -0.2) is 8.42 Å². The van der Waals surface area contributed by atoms with Crippen LogP contribution in [0, 0.1) is 6.92 Å². The fourth-order valence-corrected chi connectivity index (χ4v) is 1.79. The van der Waals surface area contributed by atoms with Crippen molar-refractivity contribution in [3.05, 3.63) is 34.3 Å². The maximum absolute atomic E-state index is 10.7. The van der Waals surface area contributed by atoms with Gasteiger partial charge in [-0.05, 0) is 24.1 Å². The molecule has 0 radical (unpaired) electrons. The molecule has 0 saturated heterocycles. The number of nitrogens with two attached hydrogens (primary N) is 1. The number of primary sulfonamides is 1. The summed E-state index contributed by atoms with van der Waals surface area (Å²) < 4.78 is 21.5. The van der Waals surface area contributed by atoms with Crippen LogP contribution in [0.4, 0.5) is 0 Å². The molecule has 0 heterocycles. The average Bonchev–Trinajstić information content (AvgIpc) is 1.94. The summed E-state index contributed by atoms with van der Waals surface area (Å²) in [5, 5.41) is 5.52. The molecular weight excluding hydrogens is 210 g/mol. The van der Waals surface area contributed by atoms with Gasteiger partial charge in [0.2, 0.25) is 10.0 Å². The lowest BCUT2D eigenvalue weighted by molar-refractivity contribution is 0.597. The lowest BCUT2D eigenvalue weighted by Gasteiger charge is -2.02. The van der Waals surface area contributed by atoms with E-state index in [0.717, 1.165) is 5.56 Å². The Morgan fingerprint density at radius 1 is 1.46 bits per heavy atom. The number of sulfonamides is 1. The molecule has 1 aromatic rings. The summed E-state index contributed by atoms with van der Waals surface area (Å²) in [6.07, 6.45) is 0. The van der Waals surface area contributed by atoms with Gasteiger partial charge in [0.1, 0.15) is 0 Å². The molecule has 0 fully saturated rings. The number of hydrogen-bond acceptors (Lipinski definition) is 2. The molecule has 1 rings (SSSR count). The van der Waals surface area contributed by atoms with Gasteiger partial charge in [-0.25, -0.2) is 13.6 Å². The van der Waals surface area contributed by atoms with Crippen LogP contribution in [0.1, 0.15) is 11.1 Å². The monoisotopic (exact) mass is 219 g/mol. The zero-order valence-electron chi connectivity index (χ0n) is 7.12. The van der Waals surface area contributed by atoms with Crippen LogP contribution in [0.25, 0.3) is 0 Å². The molecule has 3 nitrogen and oxygen atoms in total. The predicted molar refractivity (Wildman–Crippen MR) is 53.0 cm³/mol. The Kier molecular flexibility index (Phi) is 2.95. The highest BCUT2D eigenvalue weighted by Gasteiger charge is 2.05. The second-order valence-electron chi connectivity index (χ2n) is 2.89. The Bertz CT molecular complexity index is 414. The minimum Gasteiger partial charge on any atom is -0.228 e. The van der Waals surface area contributed by atoms with Crippen LogP contribution >= 0.6 is 11.6 Å².